The number of benzene rings is 1. The van der Waals surface area contributed by atoms with Gasteiger partial charge in [-0.25, -0.2) is 4.68 Å². The number of ether oxygens (including phenoxy) is 1. The first-order valence-electron chi connectivity index (χ1n) is 8.06. The van der Waals surface area contributed by atoms with E-state index in [2.05, 4.69) is 20.5 Å². The van der Waals surface area contributed by atoms with Crippen LogP contribution in [-0.4, -0.2) is 34.5 Å². The summed E-state index contributed by atoms with van der Waals surface area (Å²) in [4.78, 5) is 12.3. The van der Waals surface area contributed by atoms with E-state index in [-0.39, 0.29) is 17.7 Å². The molecule has 1 amide bonds. The predicted octanol–water partition coefficient (Wildman–Crippen LogP) is 3.84. The summed E-state index contributed by atoms with van der Waals surface area (Å²) in [5, 5.41) is 9.92. The minimum Gasteiger partial charge on any atom is -0.484 e. The first kappa shape index (κ1) is 19.6. The first-order chi connectivity index (χ1) is 12.2. The molecule has 142 valence electrons. The number of alkyl halides is 3. The number of hydrogen-bond acceptors (Lipinski definition) is 4. The van der Waals surface area contributed by atoms with Crippen LogP contribution in [0, 0.1) is 0 Å². The summed E-state index contributed by atoms with van der Waals surface area (Å²) in [5.74, 6) is 0.435. The van der Waals surface area contributed by atoms with Gasteiger partial charge in [0.1, 0.15) is 17.6 Å². The lowest BCUT2D eigenvalue weighted by molar-refractivity contribution is -0.153. The third-order valence-electron chi connectivity index (χ3n) is 3.44. The minimum absolute atomic E-state index is 0.103. The van der Waals surface area contributed by atoms with Crippen molar-refractivity contribution in [1.82, 2.24) is 9.78 Å². The summed E-state index contributed by atoms with van der Waals surface area (Å²) in [6.07, 6.45) is -2.78. The van der Waals surface area contributed by atoms with E-state index in [1.54, 1.807) is 36.0 Å². The van der Waals surface area contributed by atoms with Gasteiger partial charge in [0, 0.05) is 17.8 Å². The van der Waals surface area contributed by atoms with E-state index in [9.17, 15) is 18.0 Å². The average Bonchev–Trinajstić information content (AvgIpc) is 3.01. The van der Waals surface area contributed by atoms with Gasteiger partial charge in [-0.05, 0) is 45.0 Å². The van der Waals surface area contributed by atoms with E-state index in [1.165, 1.54) is 12.1 Å². The molecule has 1 heterocycles. The van der Waals surface area contributed by atoms with Gasteiger partial charge in [-0.15, -0.1) is 0 Å². The van der Waals surface area contributed by atoms with Crippen LogP contribution in [0.2, 0.25) is 0 Å². The van der Waals surface area contributed by atoms with E-state index in [4.69, 9.17) is 0 Å². The molecule has 1 unspecified atom stereocenters. The lowest BCUT2D eigenvalue weighted by Crippen LogP contribution is -2.32. The first-order valence-corrected chi connectivity index (χ1v) is 8.06. The van der Waals surface area contributed by atoms with Gasteiger partial charge in [0.05, 0.1) is 6.20 Å². The molecule has 1 aromatic heterocycles. The third-order valence-corrected chi connectivity index (χ3v) is 3.44. The van der Waals surface area contributed by atoms with Crippen LogP contribution in [-0.2, 0) is 4.79 Å². The van der Waals surface area contributed by atoms with Crippen molar-refractivity contribution in [3.05, 3.63) is 36.5 Å². The van der Waals surface area contributed by atoms with Crippen LogP contribution in [0.4, 0.5) is 24.7 Å². The second kappa shape index (κ2) is 8.11. The summed E-state index contributed by atoms with van der Waals surface area (Å²) in [6, 6.07) is 7.17. The number of aromatic nitrogens is 2. The Balaban J connectivity index is 1.91. The molecule has 2 aromatic rings. The van der Waals surface area contributed by atoms with Gasteiger partial charge >= 0.3 is 6.18 Å². The third kappa shape index (κ3) is 5.68. The second-order valence-electron chi connectivity index (χ2n) is 6.04. The Bertz CT molecular complexity index is 726. The monoisotopic (exact) mass is 370 g/mol. The van der Waals surface area contributed by atoms with Crippen molar-refractivity contribution >= 4 is 17.4 Å². The highest BCUT2D eigenvalue weighted by atomic mass is 19.4. The number of amides is 1. The smallest absolute Gasteiger partial charge is 0.422 e. The van der Waals surface area contributed by atoms with Gasteiger partial charge in [-0.2, -0.15) is 18.3 Å². The van der Waals surface area contributed by atoms with Gasteiger partial charge < -0.3 is 15.4 Å². The van der Waals surface area contributed by atoms with Crippen LogP contribution in [0.3, 0.4) is 0 Å². The maximum absolute atomic E-state index is 12.3. The molecule has 0 fully saturated rings. The van der Waals surface area contributed by atoms with E-state index in [1.807, 2.05) is 13.8 Å². The molecule has 2 rings (SSSR count). The molecule has 0 aliphatic heterocycles. The Morgan fingerprint density at radius 3 is 2.42 bits per heavy atom. The molecular formula is C17H21F3N4O2. The van der Waals surface area contributed by atoms with Gasteiger partial charge in [-0.1, -0.05) is 0 Å². The molecule has 0 spiro atoms. The van der Waals surface area contributed by atoms with Crippen molar-refractivity contribution in [3.8, 4) is 5.75 Å². The molecule has 0 aliphatic rings. The fourth-order valence-corrected chi connectivity index (χ4v) is 2.19. The van der Waals surface area contributed by atoms with Gasteiger partial charge in [0.25, 0.3) is 0 Å². The molecular weight excluding hydrogens is 349 g/mol. The van der Waals surface area contributed by atoms with Crippen LogP contribution < -0.4 is 15.4 Å². The Kier molecular flexibility index (Phi) is 6.12. The van der Waals surface area contributed by atoms with Crippen molar-refractivity contribution in [1.29, 1.82) is 0 Å². The van der Waals surface area contributed by atoms with Crippen LogP contribution in [0.15, 0.2) is 36.5 Å². The number of halogens is 3. The highest BCUT2D eigenvalue weighted by Crippen LogP contribution is 2.21. The lowest BCUT2D eigenvalue weighted by Gasteiger charge is -2.17. The molecule has 1 atom stereocenters. The zero-order chi connectivity index (χ0) is 19.3. The number of nitrogens with one attached hydrogen (secondary N) is 2. The van der Waals surface area contributed by atoms with Crippen LogP contribution in [0.5, 0.6) is 5.75 Å². The molecule has 1 aromatic carbocycles. The SMILES string of the molecule is CC(Nc1ccc(OCC(F)(F)F)cc1)C(=O)Nc1ccnn1C(C)C. The van der Waals surface area contributed by atoms with Crippen molar-refractivity contribution in [2.75, 3.05) is 17.2 Å². The number of carbonyl (C=O) groups is 1. The van der Waals surface area contributed by atoms with Crippen LogP contribution >= 0.6 is 0 Å². The lowest BCUT2D eigenvalue weighted by atomic mass is 10.2. The summed E-state index contributed by atoms with van der Waals surface area (Å²) in [5.41, 5.74) is 0.587. The number of rotatable bonds is 7. The Morgan fingerprint density at radius 1 is 1.19 bits per heavy atom. The predicted molar refractivity (Wildman–Crippen MR) is 92.3 cm³/mol. The van der Waals surface area contributed by atoms with Crippen molar-refractivity contribution in [2.45, 2.75) is 39.0 Å². The van der Waals surface area contributed by atoms with Gasteiger partial charge in [0.15, 0.2) is 6.61 Å². The number of anilines is 2. The normalized spacial score (nSPS) is 12.7. The Morgan fingerprint density at radius 2 is 1.85 bits per heavy atom. The summed E-state index contributed by atoms with van der Waals surface area (Å²) in [6.45, 7) is 4.24. The number of hydrogen-bond donors (Lipinski definition) is 2. The van der Waals surface area contributed by atoms with Gasteiger partial charge in [-0.3, -0.25) is 4.79 Å². The number of nitrogens with zero attached hydrogens (tertiary/aromatic N) is 2. The quantitative estimate of drug-likeness (QED) is 0.777. The highest BCUT2D eigenvalue weighted by Gasteiger charge is 2.28. The second-order valence-corrected chi connectivity index (χ2v) is 6.04. The van der Waals surface area contributed by atoms with Crippen molar-refractivity contribution in [3.63, 3.8) is 0 Å². The standard InChI is InChI=1S/C17H21F3N4O2/c1-11(2)24-15(8-9-21-24)23-16(25)12(3)22-13-4-6-14(7-5-13)26-10-17(18,19)20/h4-9,11-12,22H,10H2,1-3H3,(H,23,25). The molecule has 0 bridgehead atoms. The zero-order valence-electron chi connectivity index (χ0n) is 14.7. The fraction of sp³-hybridized carbons (Fsp3) is 0.412. The maximum Gasteiger partial charge on any atom is 0.422 e. The summed E-state index contributed by atoms with van der Waals surface area (Å²) < 4.78 is 42.7. The highest BCUT2D eigenvalue weighted by molar-refractivity contribution is 5.95. The Labute approximate surface area is 149 Å². The van der Waals surface area contributed by atoms with E-state index in [0.29, 0.717) is 11.5 Å². The molecule has 0 radical (unpaired) electrons. The van der Waals surface area contributed by atoms with Crippen LogP contribution in [0.25, 0.3) is 0 Å². The molecule has 0 saturated heterocycles. The minimum atomic E-state index is -4.38. The topological polar surface area (TPSA) is 68.2 Å². The molecule has 6 nitrogen and oxygen atoms in total. The molecule has 2 N–H and O–H groups in total. The van der Waals surface area contributed by atoms with E-state index < -0.39 is 18.8 Å². The largest absolute Gasteiger partial charge is 0.484 e. The maximum atomic E-state index is 12.3. The molecule has 0 aliphatic carbocycles. The average molecular weight is 370 g/mol. The number of carbonyl (C=O) groups excluding carboxylic acids is 1. The zero-order valence-corrected chi connectivity index (χ0v) is 14.7. The molecule has 9 heteroatoms. The molecule has 26 heavy (non-hydrogen) atoms. The summed E-state index contributed by atoms with van der Waals surface area (Å²) in [7, 11) is 0. The van der Waals surface area contributed by atoms with Crippen LogP contribution in [0.1, 0.15) is 26.8 Å². The molecule has 0 saturated carbocycles. The van der Waals surface area contributed by atoms with Crippen molar-refractivity contribution in [2.24, 2.45) is 0 Å². The van der Waals surface area contributed by atoms with E-state index >= 15 is 0 Å². The Hall–Kier alpha value is -2.71. The summed E-state index contributed by atoms with van der Waals surface area (Å²) >= 11 is 0. The van der Waals surface area contributed by atoms with Crippen molar-refractivity contribution < 1.29 is 22.7 Å². The van der Waals surface area contributed by atoms with Gasteiger partial charge in [0.2, 0.25) is 5.91 Å². The van der Waals surface area contributed by atoms with E-state index in [0.717, 1.165) is 0 Å². The fourth-order valence-electron chi connectivity index (χ4n) is 2.19.